The first-order valence-corrected chi connectivity index (χ1v) is 8.18. The number of amides is 1. The summed E-state index contributed by atoms with van der Waals surface area (Å²) >= 11 is 0. The third-order valence-electron chi connectivity index (χ3n) is 3.71. The van der Waals surface area contributed by atoms with Gasteiger partial charge < -0.3 is 10.4 Å². The van der Waals surface area contributed by atoms with Crippen LogP contribution in [0.2, 0.25) is 0 Å². The first kappa shape index (κ1) is 17.7. The molecule has 0 atom stereocenters. The van der Waals surface area contributed by atoms with Gasteiger partial charge in [-0.2, -0.15) is 5.10 Å². The number of nitrogens with zero attached hydrogens (tertiary/aromatic N) is 2. The zero-order chi connectivity index (χ0) is 17.4. The smallest absolute Gasteiger partial charge is 0.303 e. The first-order valence-electron chi connectivity index (χ1n) is 8.18. The van der Waals surface area contributed by atoms with E-state index in [4.69, 9.17) is 5.11 Å². The molecular weight excluding hydrogens is 306 g/mol. The molecule has 0 saturated heterocycles. The minimum absolute atomic E-state index is 0.0938. The van der Waals surface area contributed by atoms with Gasteiger partial charge in [0.05, 0.1) is 11.9 Å². The fourth-order valence-electron chi connectivity index (χ4n) is 2.38. The molecule has 0 bridgehead atoms. The van der Waals surface area contributed by atoms with Crippen LogP contribution in [-0.4, -0.2) is 33.3 Å². The lowest BCUT2D eigenvalue weighted by atomic mass is 10.1. The van der Waals surface area contributed by atoms with Crippen LogP contribution in [0.15, 0.2) is 36.7 Å². The highest BCUT2D eigenvalue weighted by Crippen LogP contribution is 2.10. The van der Waals surface area contributed by atoms with Gasteiger partial charge in [-0.25, -0.2) is 4.68 Å². The summed E-state index contributed by atoms with van der Waals surface area (Å²) in [4.78, 5) is 22.5. The summed E-state index contributed by atoms with van der Waals surface area (Å²) in [5, 5.41) is 15.7. The van der Waals surface area contributed by atoms with Crippen LogP contribution in [0.5, 0.6) is 0 Å². The van der Waals surface area contributed by atoms with Gasteiger partial charge in [-0.05, 0) is 49.6 Å². The molecule has 0 fully saturated rings. The topological polar surface area (TPSA) is 84.2 Å². The van der Waals surface area contributed by atoms with Gasteiger partial charge >= 0.3 is 5.97 Å². The van der Waals surface area contributed by atoms with E-state index in [-0.39, 0.29) is 12.3 Å². The highest BCUT2D eigenvalue weighted by atomic mass is 16.4. The molecule has 0 spiro atoms. The first-order chi connectivity index (χ1) is 11.6. The average Bonchev–Trinajstić information content (AvgIpc) is 3.00. The van der Waals surface area contributed by atoms with Crippen molar-refractivity contribution in [1.82, 2.24) is 15.1 Å². The van der Waals surface area contributed by atoms with Crippen LogP contribution >= 0.6 is 0 Å². The molecule has 2 N–H and O–H groups in total. The SMILES string of the molecule is Cc1cnn(-c2ccc(C(=O)NCCCCCCC(=O)O)cc2)c1. The summed E-state index contributed by atoms with van der Waals surface area (Å²) in [5.41, 5.74) is 2.62. The maximum atomic E-state index is 12.1. The lowest BCUT2D eigenvalue weighted by molar-refractivity contribution is -0.137. The van der Waals surface area contributed by atoms with Crippen molar-refractivity contribution < 1.29 is 14.7 Å². The lowest BCUT2D eigenvalue weighted by Crippen LogP contribution is -2.24. The standard InChI is InChI=1S/C18H23N3O3/c1-14-12-20-21(13-14)16-9-7-15(8-10-16)18(24)19-11-5-3-2-4-6-17(22)23/h7-10,12-13H,2-6,11H2,1H3,(H,19,24)(H,22,23). The van der Waals surface area contributed by atoms with Crippen LogP contribution in [0.4, 0.5) is 0 Å². The van der Waals surface area contributed by atoms with Crippen LogP contribution in [0.1, 0.15) is 48.0 Å². The quantitative estimate of drug-likeness (QED) is 0.693. The highest BCUT2D eigenvalue weighted by Gasteiger charge is 2.06. The monoisotopic (exact) mass is 329 g/mol. The summed E-state index contributed by atoms with van der Waals surface area (Å²) < 4.78 is 1.77. The van der Waals surface area contributed by atoms with Gasteiger partial charge in [0, 0.05) is 24.7 Å². The van der Waals surface area contributed by atoms with E-state index in [2.05, 4.69) is 10.4 Å². The van der Waals surface area contributed by atoms with Crippen molar-refractivity contribution in [2.24, 2.45) is 0 Å². The number of nitrogens with one attached hydrogen (secondary N) is 1. The molecule has 2 aromatic rings. The van der Waals surface area contributed by atoms with Gasteiger partial charge in [0.1, 0.15) is 0 Å². The van der Waals surface area contributed by atoms with Crippen molar-refractivity contribution in [3.63, 3.8) is 0 Å². The van der Waals surface area contributed by atoms with Crippen molar-refractivity contribution in [2.75, 3.05) is 6.54 Å². The summed E-state index contributed by atoms with van der Waals surface area (Å²) in [6.45, 7) is 2.58. The molecule has 0 unspecified atom stereocenters. The summed E-state index contributed by atoms with van der Waals surface area (Å²) in [7, 11) is 0. The predicted molar refractivity (Wildman–Crippen MR) is 91.4 cm³/mol. The molecule has 1 amide bonds. The van der Waals surface area contributed by atoms with Crippen molar-refractivity contribution in [1.29, 1.82) is 0 Å². The van der Waals surface area contributed by atoms with Crippen LogP contribution < -0.4 is 5.32 Å². The second-order valence-corrected chi connectivity index (χ2v) is 5.82. The molecule has 0 aliphatic heterocycles. The molecule has 0 radical (unpaired) electrons. The van der Waals surface area contributed by atoms with E-state index in [1.807, 2.05) is 25.3 Å². The number of aryl methyl sites for hydroxylation is 1. The van der Waals surface area contributed by atoms with E-state index in [1.54, 1.807) is 23.0 Å². The predicted octanol–water partition coefficient (Wildman–Crippen LogP) is 2.95. The number of rotatable bonds is 9. The van der Waals surface area contributed by atoms with E-state index >= 15 is 0 Å². The number of unbranched alkanes of at least 4 members (excludes halogenated alkanes) is 3. The Morgan fingerprint density at radius 3 is 2.46 bits per heavy atom. The van der Waals surface area contributed by atoms with Crippen molar-refractivity contribution >= 4 is 11.9 Å². The van der Waals surface area contributed by atoms with Gasteiger partial charge in [0.2, 0.25) is 0 Å². The number of carboxylic acid groups (broad SMARTS) is 1. The largest absolute Gasteiger partial charge is 0.481 e. The third-order valence-corrected chi connectivity index (χ3v) is 3.71. The minimum atomic E-state index is -0.753. The molecule has 0 aliphatic rings. The molecular formula is C18H23N3O3. The lowest BCUT2D eigenvalue weighted by Gasteiger charge is -2.06. The number of carbonyl (C=O) groups excluding carboxylic acids is 1. The zero-order valence-electron chi connectivity index (χ0n) is 13.9. The Kier molecular flexibility index (Phi) is 6.54. The number of hydrogen-bond acceptors (Lipinski definition) is 3. The molecule has 1 heterocycles. The van der Waals surface area contributed by atoms with Crippen molar-refractivity contribution in [3.8, 4) is 5.69 Å². The summed E-state index contributed by atoms with van der Waals surface area (Å²) in [5.74, 6) is -0.847. The van der Waals surface area contributed by atoms with Gasteiger partial charge in [-0.3, -0.25) is 9.59 Å². The molecule has 1 aromatic carbocycles. The summed E-state index contributed by atoms with van der Waals surface area (Å²) in [6.07, 6.45) is 7.28. The molecule has 6 nitrogen and oxygen atoms in total. The fourth-order valence-corrected chi connectivity index (χ4v) is 2.38. The average molecular weight is 329 g/mol. The molecule has 0 aliphatic carbocycles. The Hall–Kier alpha value is -2.63. The van der Waals surface area contributed by atoms with E-state index in [0.717, 1.165) is 30.5 Å². The maximum absolute atomic E-state index is 12.1. The van der Waals surface area contributed by atoms with Crippen LogP contribution in [0.25, 0.3) is 5.69 Å². The van der Waals surface area contributed by atoms with Crippen molar-refractivity contribution in [3.05, 3.63) is 47.8 Å². The van der Waals surface area contributed by atoms with E-state index in [9.17, 15) is 9.59 Å². The Morgan fingerprint density at radius 1 is 1.12 bits per heavy atom. The fraction of sp³-hybridized carbons (Fsp3) is 0.389. The number of aromatic nitrogens is 2. The Bertz CT molecular complexity index is 677. The number of carboxylic acids is 1. The molecule has 128 valence electrons. The molecule has 2 rings (SSSR count). The maximum Gasteiger partial charge on any atom is 0.303 e. The number of benzene rings is 1. The minimum Gasteiger partial charge on any atom is -0.481 e. The van der Waals surface area contributed by atoms with E-state index in [0.29, 0.717) is 18.5 Å². The molecule has 0 saturated carbocycles. The molecule has 6 heteroatoms. The van der Waals surface area contributed by atoms with E-state index < -0.39 is 5.97 Å². The zero-order valence-corrected chi connectivity index (χ0v) is 13.9. The van der Waals surface area contributed by atoms with Gasteiger partial charge in [0.25, 0.3) is 5.91 Å². The second kappa shape index (κ2) is 8.86. The third kappa shape index (κ3) is 5.53. The highest BCUT2D eigenvalue weighted by molar-refractivity contribution is 5.94. The molecule has 1 aromatic heterocycles. The number of hydrogen-bond donors (Lipinski definition) is 2. The van der Waals surface area contributed by atoms with E-state index in [1.165, 1.54) is 0 Å². The second-order valence-electron chi connectivity index (χ2n) is 5.82. The summed E-state index contributed by atoms with van der Waals surface area (Å²) in [6, 6.07) is 7.31. The van der Waals surface area contributed by atoms with Crippen LogP contribution in [0.3, 0.4) is 0 Å². The number of carbonyl (C=O) groups is 2. The Labute approximate surface area is 141 Å². The van der Waals surface area contributed by atoms with Gasteiger partial charge in [-0.15, -0.1) is 0 Å². The normalized spacial score (nSPS) is 10.5. The van der Waals surface area contributed by atoms with Crippen molar-refractivity contribution in [2.45, 2.75) is 39.0 Å². The Morgan fingerprint density at radius 2 is 1.83 bits per heavy atom. The Balaban J connectivity index is 1.72. The number of aliphatic carboxylic acids is 1. The van der Waals surface area contributed by atoms with Crippen LogP contribution in [0, 0.1) is 6.92 Å². The van der Waals surface area contributed by atoms with Gasteiger partial charge in [-0.1, -0.05) is 12.8 Å². The van der Waals surface area contributed by atoms with Gasteiger partial charge in [0.15, 0.2) is 0 Å². The molecule has 24 heavy (non-hydrogen) atoms. The van der Waals surface area contributed by atoms with Crippen LogP contribution in [-0.2, 0) is 4.79 Å².